The smallest absolute Gasteiger partial charge is 0.247 e. The van der Waals surface area contributed by atoms with Crippen LogP contribution in [-0.2, 0) is 0 Å². The third-order valence-corrected chi connectivity index (χ3v) is 5.91. The van der Waals surface area contributed by atoms with E-state index in [1.165, 1.54) is 0 Å². The maximum Gasteiger partial charge on any atom is 0.247 e. The quantitative estimate of drug-likeness (QED) is 0.484. The number of rotatable bonds is 6. The van der Waals surface area contributed by atoms with Crippen molar-refractivity contribution in [3.8, 4) is 22.8 Å². The highest BCUT2D eigenvalue weighted by Gasteiger charge is 2.18. The summed E-state index contributed by atoms with van der Waals surface area (Å²) in [4.78, 5) is 13.6. The highest BCUT2D eigenvalue weighted by Crippen LogP contribution is 2.33. The molecule has 2 aromatic carbocycles. The molecule has 5 rings (SSSR count). The average molecular weight is 446 g/mol. The van der Waals surface area contributed by atoms with E-state index in [1.807, 2.05) is 36.4 Å². The summed E-state index contributed by atoms with van der Waals surface area (Å²) in [5.41, 5.74) is 4.44. The lowest BCUT2D eigenvalue weighted by Gasteiger charge is -2.34. The van der Waals surface area contributed by atoms with Crippen LogP contribution in [0.1, 0.15) is 0 Å². The Balaban J connectivity index is 1.41. The number of hydrogen-bond donors (Lipinski definition) is 1. The summed E-state index contributed by atoms with van der Waals surface area (Å²) >= 11 is 0. The molecule has 0 radical (unpaired) electrons. The first-order valence-electron chi connectivity index (χ1n) is 10.9. The lowest BCUT2D eigenvalue weighted by atomic mass is 10.1. The molecule has 0 unspecified atom stereocenters. The van der Waals surface area contributed by atoms with Gasteiger partial charge in [0.2, 0.25) is 5.95 Å². The molecule has 3 heterocycles. The first kappa shape index (κ1) is 21.0. The van der Waals surface area contributed by atoms with Gasteiger partial charge in [0, 0.05) is 43.5 Å². The Morgan fingerprint density at radius 3 is 2.42 bits per heavy atom. The van der Waals surface area contributed by atoms with Gasteiger partial charge in [-0.2, -0.15) is 4.98 Å². The van der Waals surface area contributed by atoms with Gasteiger partial charge >= 0.3 is 0 Å². The summed E-state index contributed by atoms with van der Waals surface area (Å²) in [6, 6.07) is 13.9. The van der Waals surface area contributed by atoms with Crippen LogP contribution in [0, 0.1) is 0 Å². The van der Waals surface area contributed by atoms with Gasteiger partial charge in [0.05, 0.1) is 38.0 Å². The number of methoxy groups -OCH3 is 2. The van der Waals surface area contributed by atoms with Crippen molar-refractivity contribution in [2.24, 2.45) is 0 Å². The summed E-state index contributed by atoms with van der Waals surface area (Å²) < 4.78 is 12.7. The van der Waals surface area contributed by atoms with E-state index in [9.17, 15) is 0 Å². The SMILES string of the molecule is COc1ccc(-c2cncc3nc(Nc4ccc(N5CCN(C)CC5)c(OC)c4)nn23)cc1. The zero-order valence-electron chi connectivity index (χ0n) is 19.0. The lowest BCUT2D eigenvalue weighted by Crippen LogP contribution is -2.44. The van der Waals surface area contributed by atoms with Crippen molar-refractivity contribution in [3.63, 3.8) is 0 Å². The molecule has 0 atom stereocenters. The number of ether oxygens (including phenoxy) is 2. The van der Waals surface area contributed by atoms with Crippen molar-refractivity contribution >= 4 is 23.0 Å². The minimum Gasteiger partial charge on any atom is -0.497 e. The van der Waals surface area contributed by atoms with Crippen molar-refractivity contribution in [1.29, 1.82) is 0 Å². The fourth-order valence-corrected chi connectivity index (χ4v) is 4.02. The van der Waals surface area contributed by atoms with E-state index in [-0.39, 0.29) is 0 Å². The van der Waals surface area contributed by atoms with E-state index in [0.717, 1.165) is 60.3 Å². The van der Waals surface area contributed by atoms with Crippen molar-refractivity contribution < 1.29 is 9.47 Å². The molecule has 1 N–H and O–H groups in total. The number of nitrogens with zero attached hydrogens (tertiary/aromatic N) is 6. The maximum atomic E-state index is 5.70. The predicted octanol–water partition coefficient (Wildman–Crippen LogP) is 3.30. The van der Waals surface area contributed by atoms with E-state index < -0.39 is 0 Å². The zero-order chi connectivity index (χ0) is 22.8. The highest BCUT2D eigenvalue weighted by atomic mass is 16.5. The molecule has 170 valence electrons. The normalized spacial score (nSPS) is 14.5. The molecule has 0 spiro atoms. The molecule has 0 bridgehead atoms. The molecule has 0 saturated carbocycles. The molecular weight excluding hydrogens is 418 g/mol. The molecule has 2 aromatic heterocycles. The van der Waals surface area contributed by atoms with Crippen LogP contribution in [0.3, 0.4) is 0 Å². The Kier molecular flexibility index (Phi) is 5.70. The van der Waals surface area contributed by atoms with Gasteiger partial charge < -0.3 is 24.6 Å². The summed E-state index contributed by atoms with van der Waals surface area (Å²) in [7, 11) is 5.51. The highest BCUT2D eigenvalue weighted by molar-refractivity contribution is 5.69. The Labute approximate surface area is 192 Å². The minimum atomic E-state index is 0.493. The largest absolute Gasteiger partial charge is 0.497 e. The van der Waals surface area contributed by atoms with Crippen molar-refractivity contribution in [1.82, 2.24) is 24.5 Å². The van der Waals surface area contributed by atoms with Gasteiger partial charge in [0.1, 0.15) is 11.5 Å². The van der Waals surface area contributed by atoms with Crippen LogP contribution >= 0.6 is 0 Å². The molecule has 1 fully saturated rings. The average Bonchev–Trinajstić information content (AvgIpc) is 3.27. The molecule has 1 saturated heterocycles. The summed E-state index contributed by atoms with van der Waals surface area (Å²) in [6.07, 6.45) is 3.48. The number of anilines is 3. The van der Waals surface area contributed by atoms with Crippen LogP contribution in [0.2, 0.25) is 0 Å². The van der Waals surface area contributed by atoms with Crippen LogP contribution < -0.4 is 19.7 Å². The molecular formula is C24H27N7O2. The summed E-state index contributed by atoms with van der Waals surface area (Å²) in [5.74, 6) is 2.12. The molecule has 33 heavy (non-hydrogen) atoms. The van der Waals surface area contributed by atoms with Crippen LogP contribution in [0.25, 0.3) is 16.9 Å². The van der Waals surface area contributed by atoms with Crippen molar-refractivity contribution in [3.05, 3.63) is 54.9 Å². The molecule has 0 amide bonds. The first-order valence-corrected chi connectivity index (χ1v) is 10.9. The lowest BCUT2D eigenvalue weighted by molar-refractivity contribution is 0.311. The van der Waals surface area contributed by atoms with E-state index in [1.54, 1.807) is 31.1 Å². The van der Waals surface area contributed by atoms with E-state index >= 15 is 0 Å². The number of likely N-dealkylation sites (N-methyl/N-ethyl adjacent to an activating group) is 1. The van der Waals surface area contributed by atoms with Gasteiger partial charge in [-0.05, 0) is 43.4 Å². The molecule has 9 heteroatoms. The fraction of sp³-hybridized carbons (Fsp3) is 0.292. The van der Waals surface area contributed by atoms with Gasteiger partial charge in [-0.25, -0.2) is 4.52 Å². The van der Waals surface area contributed by atoms with Crippen LogP contribution in [0.4, 0.5) is 17.3 Å². The Morgan fingerprint density at radius 1 is 0.909 bits per heavy atom. The monoisotopic (exact) mass is 445 g/mol. The number of aromatic nitrogens is 4. The third-order valence-electron chi connectivity index (χ3n) is 5.91. The third kappa shape index (κ3) is 4.27. The Hall–Kier alpha value is -3.85. The standard InChI is InChI=1S/C24H27N7O2/c1-29-10-12-30(13-11-29)20-9-6-18(14-22(20)33-3)26-24-27-23-16-25-15-21(31(23)28-24)17-4-7-19(32-2)8-5-17/h4-9,14-16H,10-13H2,1-3H3,(H,26,28). The predicted molar refractivity (Wildman–Crippen MR) is 129 cm³/mol. The number of fused-ring (bicyclic) bond motifs is 1. The van der Waals surface area contributed by atoms with Crippen LogP contribution in [0.15, 0.2) is 54.9 Å². The second kappa shape index (κ2) is 8.95. The number of hydrogen-bond acceptors (Lipinski definition) is 8. The molecule has 1 aliphatic rings. The van der Waals surface area contributed by atoms with E-state index in [0.29, 0.717) is 11.6 Å². The van der Waals surface area contributed by atoms with Crippen molar-refractivity contribution in [2.45, 2.75) is 0 Å². The molecule has 1 aliphatic heterocycles. The van der Waals surface area contributed by atoms with Gasteiger partial charge in [-0.3, -0.25) is 4.98 Å². The van der Waals surface area contributed by atoms with Gasteiger partial charge in [0.15, 0.2) is 5.65 Å². The zero-order valence-corrected chi connectivity index (χ0v) is 19.0. The van der Waals surface area contributed by atoms with Crippen LogP contribution in [-0.4, -0.2) is 71.9 Å². The first-order chi connectivity index (χ1) is 16.1. The number of piperazine rings is 1. The topological polar surface area (TPSA) is 80.1 Å². The summed E-state index contributed by atoms with van der Waals surface area (Å²) in [5, 5.41) is 7.97. The molecule has 4 aromatic rings. The van der Waals surface area contributed by atoms with E-state index in [4.69, 9.17) is 9.47 Å². The fourth-order valence-electron chi connectivity index (χ4n) is 4.02. The van der Waals surface area contributed by atoms with Gasteiger partial charge in [-0.15, -0.1) is 5.10 Å². The Morgan fingerprint density at radius 2 is 1.70 bits per heavy atom. The number of benzene rings is 2. The molecule has 0 aliphatic carbocycles. The van der Waals surface area contributed by atoms with Crippen LogP contribution in [0.5, 0.6) is 11.5 Å². The Bertz CT molecular complexity index is 1250. The number of nitrogens with one attached hydrogen (secondary N) is 1. The van der Waals surface area contributed by atoms with Gasteiger partial charge in [-0.1, -0.05) is 0 Å². The summed E-state index contributed by atoms with van der Waals surface area (Å²) in [6.45, 7) is 4.04. The second-order valence-corrected chi connectivity index (χ2v) is 8.03. The maximum absolute atomic E-state index is 5.70. The van der Waals surface area contributed by atoms with E-state index in [2.05, 4.69) is 43.3 Å². The van der Waals surface area contributed by atoms with Crippen molar-refractivity contribution in [2.75, 3.05) is 57.7 Å². The van der Waals surface area contributed by atoms with Gasteiger partial charge in [0.25, 0.3) is 0 Å². The molecule has 9 nitrogen and oxygen atoms in total. The second-order valence-electron chi connectivity index (χ2n) is 8.03. The minimum absolute atomic E-state index is 0.493.